The molecule has 1 fully saturated rings. The molecule has 28 heavy (non-hydrogen) atoms. The van der Waals surface area contributed by atoms with Gasteiger partial charge < -0.3 is 18.9 Å². The lowest BCUT2D eigenvalue weighted by atomic mass is 9.87. The quantitative estimate of drug-likeness (QED) is 0.682. The van der Waals surface area contributed by atoms with Gasteiger partial charge in [-0.1, -0.05) is 30.3 Å². The minimum absolute atomic E-state index is 0.00708. The molecule has 4 rings (SSSR count). The molecule has 0 N–H and O–H groups in total. The number of amides is 1. The zero-order valence-corrected chi connectivity index (χ0v) is 16.4. The Labute approximate surface area is 165 Å². The lowest BCUT2D eigenvalue weighted by Crippen LogP contribution is -2.41. The third-order valence-electron chi connectivity index (χ3n) is 5.56. The molecule has 0 radical (unpaired) electrons. The van der Waals surface area contributed by atoms with Gasteiger partial charge in [-0.25, -0.2) is 0 Å². The first-order chi connectivity index (χ1) is 13.7. The number of nitrogens with zero attached hydrogens (tertiary/aromatic N) is 2. The number of methoxy groups -OCH3 is 1. The van der Waals surface area contributed by atoms with Gasteiger partial charge in [-0.15, -0.1) is 0 Å². The van der Waals surface area contributed by atoms with Crippen molar-refractivity contribution in [3.8, 4) is 5.75 Å². The molecule has 1 aliphatic rings. The Hall–Kier alpha value is -2.79. The van der Waals surface area contributed by atoms with Gasteiger partial charge in [-0.05, 0) is 29.3 Å². The van der Waals surface area contributed by atoms with Crippen molar-refractivity contribution >= 4 is 16.8 Å². The minimum atomic E-state index is -0.00708. The summed E-state index contributed by atoms with van der Waals surface area (Å²) in [6.07, 6.45) is 2.60. The van der Waals surface area contributed by atoms with Gasteiger partial charge in [0.25, 0.3) is 0 Å². The Kier molecular flexibility index (Phi) is 5.35. The lowest BCUT2D eigenvalue weighted by molar-refractivity contribution is -0.135. The zero-order valence-electron chi connectivity index (χ0n) is 16.4. The van der Waals surface area contributed by atoms with Crippen LogP contribution in [0.4, 0.5) is 0 Å². The molecule has 3 aromatic rings. The number of ether oxygens (including phenoxy) is 2. The molecule has 2 heterocycles. The van der Waals surface area contributed by atoms with Crippen molar-refractivity contribution in [2.24, 2.45) is 7.05 Å². The molecule has 0 saturated carbocycles. The largest absolute Gasteiger partial charge is 0.497 e. The van der Waals surface area contributed by atoms with Crippen LogP contribution in [0.25, 0.3) is 10.9 Å². The van der Waals surface area contributed by atoms with Crippen LogP contribution in [-0.2, 0) is 16.6 Å². The number of carbonyl (C=O) groups excluding carboxylic acids is 1. The minimum Gasteiger partial charge on any atom is -0.497 e. The number of rotatable bonds is 5. The average Bonchev–Trinajstić information content (AvgIpc) is 3.09. The average molecular weight is 378 g/mol. The first kappa shape index (κ1) is 18.6. The summed E-state index contributed by atoms with van der Waals surface area (Å²) in [5.41, 5.74) is 3.48. The summed E-state index contributed by atoms with van der Waals surface area (Å²) in [4.78, 5) is 15.0. The third-order valence-corrected chi connectivity index (χ3v) is 5.56. The van der Waals surface area contributed by atoms with Gasteiger partial charge in [0.15, 0.2) is 0 Å². The van der Waals surface area contributed by atoms with Crippen molar-refractivity contribution in [3.63, 3.8) is 0 Å². The predicted octanol–water partition coefficient (Wildman–Crippen LogP) is 3.57. The fourth-order valence-electron chi connectivity index (χ4n) is 4.01. The molecule has 2 aromatic carbocycles. The molecule has 1 aromatic heterocycles. The number of hydrogen-bond donors (Lipinski definition) is 0. The van der Waals surface area contributed by atoms with E-state index in [4.69, 9.17) is 9.47 Å². The third kappa shape index (κ3) is 3.62. The molecule has 146 valence electrons. The molecule has 1 aliphatic heterocycles. The van der Waals surface area contributed by atoms with Crippen molar-refractivity contribution in [2.45, 2.75) is 12.3 Å². The summed E-state index contributed by atoms with van der Waals surface area (Å²) < 4.78 is 12.9. The number of carbonyl (C=O) groups is 1. The van der Waals surface area contributed by atoms with E-state index in [9.17, 15) is 4.79 Å². The molecular formula is C23H26N2O3. The number of hydrogen-bond acceptors (Lipinski definition) is 3. The molecule has 1 amide bonds. The highest BCUT2D eigenvalue weighted by Crippen LogP contribution is 2.35. The van der Waals surface area contributed by atoms with E-state index in [2.05, 4.69) is 48.1 Å². The SMILES string of the molecule is COc1ccc(C(CC(=O)N2CCOCC2)c2cn(C)c3ccccc23)cc1. The van der Waals surface area contributed by atoms with E-state index in [1.807, 2.05) is 23.1 Å². The number of fused-ring (bicyclic) bond motifs is 1. The molecular weight excluding hydrogens is 352 g/mol. The number of aromatic nitrogens is 1. The highest BCUT2D eigenvalue weighted by atomic mass is 16.5. The molecule has 5 heteroatoms. The van der Waals surface area contributed by atoms with Gasteiger partial charge in [-0.2, -0.15) is 0 Å². The Balaban J connectivity index is 1.72. The highest BCUT2D eigenvalue weighted by Gasteiger charge is 2.25. The van der Waals surface area contributed by atoms with Crippen LogP contribution in [0.1, 0.15) is 23.5 Å². The molecule has 0 aliphatic carbocycles. The zero-order chi connectivity index (χ0) is 19.5. The smallest absolute Gasteiger partial charge is 0.223 e. The van der Waals surface area contributed by atoms with Crippen LogP contribution in [0, 0.1) is 0 Å². The maximum Gasteiger partial charge on any atom is 0.223 e. The summed E-state index contributed by atoms with van der Waals surface area (Å²) >= 11 is 0. The van der Waals surface area contributed by atoms with Gasteiger partial charge in [0, 0.05) is 49.6 Å². The Morgan fingerprint density at radius 3 is 2.54 bits per heavy atom. The molecule has 1 atom stereocenters. The first-order valence-corrected chi connectivity index (χ1v) is 9.71. The molecule has 0 spiro atoms. The van der Waals surface area contributed by atoms with Crippen molar-refractivity contribution in [3.05, 3.63) is 65.9 Å². The Bertz CT molecular complexity index is 956. The van der Waals surface area contributed by atoms with E-state index >= 15 is 0 Å². The summed E-state index contributed by atoms with van der Waals surface area (Å²) in [6.45, 7) is 2.58. The number of morpholine rings is 1. The number of benzene rings is 2. The van der Waals surface area contributed by atoms with Gasteiger partial charge in [0.1, 0.15) is 5.75 Å². The van der Waals surface area contributed by atoms with Crippen molar-refractivity contribution in [2.75, 3.05) is 33.4 Å². The number of aryl methyl sites for hydroxylation is 1. The van der Waals surface area contributed by atoms with Crippen LogP contribution in [0.15, 0.2) is 54.7 Å². The summed E-state index contributed by atoms with van der Waals surface area (Å²) in [6, 6.07) is 16.4. The maximum atomic E-state index is 13.1. The van der Waals surface area contributed by atoms with Crippen LogP contribution in [0.2, 0.25) is 0 Å². The normalized spacial score (nSPS) is 15.6. The fourth-order valence-corrected chi connectivity index (χ4v) is 4.01. The lowest BCUT2D eigenvalue weighted by Gasteiger charge is -2.28. The van der Waals surface area contributed by atoms with E-state index in [-0.39, 0.29) is 11.8 Å². The molecule has 5 nitrogen and oxygen atoms in total. The summed E-state index contributed by atoms with van der Waals surface area (Å²) in [7, 11) is 3.72. The van der Waals surface area contributed by atoms with E-state index in [0.717, 1.165) is 11.3 Å². The topological polar surface area (TPSA) is 43.7 Å². The van der Waals surface area contributed by atoms with Gasteiger partial charge in [-0.3, -0.25) is 4.79 Å². The summed E-state index contributed by atoms with van der Waals surface area (Å²) in [5.74, 6) is 0.990. The van der Waals surface area contributed by atoms with Gasteiger partial charge >= 0.3 is 0 Å². The van der Waals surface area contributed by atoms with Crippen molar-refractivity contribution in [1.29, 1.82) is 0 Å². The second kappa shape index (κ2) is 8.07. The molecule has 1 saturated heterocycles. The van der Waals surface area contributed by atoms with Crippen LogP contribution in [0.5, 0.6) is 5.75 Å². The predicted molar refractivity (Wildman–Crippen MR) is 110 cm³/mol. The number of para-hydroxylation sites is 1. The van der Waals surface area contributed by atoms with Crippen LogP contribution < -0.4 is 4.74 Å². The van der Waals surface area contributed by atoms with E-state index in [1.54, 1.807) is 7.11 Å². The first-order valence-electron chi connectivity index (χ1n) is 9.71. The fraction of sp³-hybridized carbons (Fsp3) is 0.348. The Morgan fingerprint density at radius 2 is 1.82 bits per heavy atom. The van der Waals surface area contributed by atoms with Gasteiger partial charge in [0.05, 0.1) is 20.3 Å². The molecule has 1 unspecified atom stereocenters. The maximum absolute atomic E-state index is 13.1. The van der Waals surface area contributed by atoms with Gasteiger partial charge in [0.2, 0.25) is 5.91 Å². The Morgan fingerprint density at radius 1 is 1.11 bits per heavy atom. The van der Waals surface area contributed by atoms with E-state index in [1.165, 1.54) is 16.5 Å². The van der Waals surface area contributed by atoms with E-state index < -0.39 is 0 Å². The molecule has 0 bridgehead atoms. The summed E-state index contributed by atoms with van der Waals surface area (Å²) in [5, 5.41) is 1.19. The monoisotopic (exact) mass is 378 g/mol. The van der Waals surface area contributed by atoms with Crippen molar-refractivity contribution in [1.82, 2.24) is 9.47 Å². The highest BCUT2D eigenvalue weighted by molar-refractivity contribution is 5.86. The second-order valence-electron chi connectivity index (χ2n) is 7.24. The standard InChI is InChI=1S/C23H26N2O3/c1-24-16-21(19-5-3-4-6-22(19)24)20(17-7-9-18(27-2)10-8-17)15-23(26)25-11-13-28-14-12-25/h3-10,16,20H,11-15H2,1-2H3. The second-order valence-corrected chi connectivity index (χ2v) is 7.24. The van der Waals surface area contributed by atoms with Crippen LogP contribution in [-0.4, -0.2) is 48.8 Å². The van der Waals surface area contributed by atoms with E-state index in [0.29, 0.717) is 32.7 Å². The van der Waals surface area contributed by atoms with Crippen LogP contribution in [0.3, 0.4) is 0 Å². The van der Waals surface area contributed by atoms with Crippen LogP contribution >= 0.6 is 0 Å². The van der Waals surface area contributed by atoms with Crippen molar-refractivity contribution < 1.29 is 14.3 Å².